The molecule has 2 saturated heterocycles. The Labute approximate surface area is 403 Å². The number of nitrogens with zero attached hydrogens (tertiary/aromatic N) is 4. The number of fused-ring (bicyclic) bond motifs is 14. The summed E-state index contributed by atoms with van der Waals surface area (Å²) >= 11 is 0. The zero-order valence-corrected chi connectivity index (χ0v) is 39.5. The molecule has 18 heteroatoms. The maximum Gasteiger partial charge on any atom is 0.255 e. The van der Waals surface area contributed by atoms with Crippen LogP contribution in [0.25, 0.3) is 43.6 Å². The van der Waals surface area contributed by atoms with Gasteiger partial charge in [0, 0.05) is 85.0 Å². The first kappa shape index (κ1) is 46.0. The Morgan fingerprint density at radius 1 is 0.829 bits per heavy atom. The summed E-state index contributed by atoms with van der Waals surface area (Å²) in [6, 6.07) is 20.9. The Morgan fingerprint density at radius 3 is 2.24 bits per heavy atom. The van der Waals surface area contributed by atoms with E-state index in [4.69, 9.17) is 28.4 Å². The number of amides is 5. The summed E-state index contributed by atoms with van der Waals surface area (Å²) < 4.78 is 41.2. The molecule has 2 aromatic heterocycles. The van der Waals surface area contributed by atoms with Crippen LogP contribution in [0.5, 0.6) is 0 Å². The topological polar surface area (TPSA) is 193 Å². The lowest BCUT2D eigenvalue weighted by atomic mass is 9.91. The highest BCUT2D eigenvalue weighted by Gasteiger charge is 2.55. The number of nitrogens with one attached hydrogen (secondary N) is 3. The number of benzene rings is 4. The molecule has 5 amide bonds. The van der Waals surface area contributed by atoms with Crippen molar-refractivity contribution < 1.29 is 52.4 Å². The first-order valence-corrected chi connectivity index (χ1v) is 24.2. The van der Waals surface area contributed by atoms with E-state index >= 15 is 0 Å². The van der Waals surface area contributed by atoms with Crippen molar-refractivity contribution >= 4 is 78.8 Å². The van der Waals surface area contributed by atoms with Gasteiger partial charge in [-0.2, -0.15) is 0 Å². The molecule has 0 spiro atoms. The smallest absolute Gasteiger partial charge is 0.255 e. The number of rotatable bonds is 19. The molecular formula is C52H57N7O11. The molecule has 5 aliphatic heterocycles. The summed E-state index contributed by atoms with van der Waals surface area (Å²) in [6.07, 6.45) is 0.147. The molecule has 7 heterocycles. The molecule has 366 valence electrons. The van der Waals surface area contributed by atoms with E-state index in [9.17, 15) is 24.0 Å². The van der Waals surface area contributed by atoms with Gasteiger partial charge in [0.2, 0.25) is 17.7 Å². The number of piperidine rings is 1. The summed E-state index contributed by atoms with van der Waals surface area (Å²) in [5.41, 5.74) is 6.75. The van der Waals surface area contributed by atoms with Gasteiger partial charge in [-0.05, 0) is 43.2 Å². The van der Waals surface area contributed by atoms with Gasteiger partial charge in [-0.25, -0.2) is 0 Å². The van der Waals surface area contributed by atoms with Crippen LogP contribution in [0.3, 0.4) is 0 Å². The van der Waals surface area contributed by atoms with Crippen LogP contribution in [0, 0.1) is 0 Å². The van der Waals surface area contributed by atoms with Crippen molar-refractivity contribution in [3.8, 4) is 0 Å². The Kier molecular flexibility index (Phi) is 12.3. The highest BCUT2D eigenvalue weighted by Crippen LogP contribution is 2.54. The second kappa shape index (κ2) is 18.7. The summed E-state index contributed by atoms with van der Waals surface area (Å²) in [6.45, 7) is 6.22. The lowest BCUT2D eigenvalue weighted by Gasteiger charge is -2.50. The number of hydrogen-bond acceptors (Lipinski definition) is 12. The molecule has 5 aliphatic rings. The van der Waals surface area contributed by atoms with Gasteiger partial charge in [0.1, 0.15) is 18.4 Å². The predicted octanol–water partition coefficient (Wildman–Crippen LogP) is 4.92. The van der Waals surface area contributed by atoms with E-state index in [2.05, 4.69) is 56.3 Å². The van der Waals surface area contributed by atoms with Gasteiger partial charge in [0.05, 0.1) is 92.9 Å². The number of ether oxygens (including phenoxy) is 6. The van der Waals surface area contributed by atoms with Gasteiger partial charge >= 0.3 is 0 Å². The van der Waals surface area contributed by atoms with E-state index in [0.29, 0.717) is 84.3 Å². The number of carbonyl (C=O) groups excluding carboxylic acids is 5. The second-order valence-electron chi connectivity index (χ2n) is 18.7. The molecule has 0 radical (unpaired) electrons. The molecule has 2 bridgehead atoms. The minimum Gasteiger partial charge on any atom is -0.382 e. The third kappa shape index (κ3) is 7.59. The number of imide groups is 1. The van der Waals surface area contributed by atoms with Crippen molar-refractivity contribution in [2.75, 3.05) is 78.9 Å². The Morgan fingerprint density at radius 2 is 1.51 bits per heavy atom. The van der Waals surface area contributed by atoms with Crippen molar-refractivity contribution in [3.63, 3.8) is 0 Å². The third-order valence-corrected chi connectivity index (χ3v) is 14.8. The number of aromatic nitrogens is 2. The molecule has 11 rings (SSSR count). The van der Waals surface area contributed by atoms with Crippen molar-refractivity contribution in [2.45, 2.75) is 75.8 Å². The van der Waals surface area contributed by atoms with E-state index in [0.717, 1.165) is 66.0 Å². The van der Waals surface area contributed by atoms with Crippen molar-refractivity contribution in [1.82, 2.24) is 29.6 Å². The molecule has 1 unspecified atom stereocenters. The molecule has 70 heavy (non-hydrogen) atoms. The Hall–Kier alpha value is -6.41. The fourth-order valence-corrected chi connectivity index (χ4v) is 11.7. The average Bonchev–Trinajstić information content (AvgIpc) is 4.10. The highest BCUT2D eigenvalue weighted by atomic mass is 16.6. The fraction of sp³-hybridized carbons (Fsp3) is 0.442. The van der Waals surface area contributed by atoms with Gasteiger partial charge in [-0.15, -0.1) is 0 Å². The molecule has 18 nitrogen and oxygen atoms in total. The van der Waals surface area contributed by atoms with E-state index in [1.54, 1.807) is 18.1 Å². The summed E-state index contributed by atoms with van der Waals surface area (Å²) in [5.74, 6) is -1.10. The van der Waals surface area contributed by atoms with Crippen LogP contribution in [0.1, 0.15) is 70.7 Å². The monoisotopic (exact) mass is 955 g/mol. The molecule has 3 N–H and O–H groups in total. The maximum absolute atomic E-state index is 14.0. The lowest BCUT2D eigenvalue weighted by Crippen LogP contribution is -2.61. The van der Waals surface area contributed by atoms with E-state index in [1.165, 1.54) is 4.90 Å². The van der Waals surface area contributed by atoms with E-state index in [-0.39, 0.29) is 49.1 Å². The number of hydrogen-bond donors (Lipinski definition) is 3. The number of anilines is 1. The quantitative estimate of drug-likeness (QED) is 0.0735. The number of methoxy groups -OCH3 is 1. The van der Waals surface area contributed by atoms with Gasteiger partial charge in [0.25, 0.3) is 11.8 Å². The third-order valence-electron chi connectivity index (χ3n) is 14.8. The van der Waals surface area contributed by atoms with Crippen LogP contribution in [0.4, 0.5) is 5.69 Å². The maximum atomic E-state index is 14.0. The van der Waals surface area contributed by atoms with Gasteiger partial charge in [0.15, 0.2) is 5.72 Å². The number of likely N-dealkylation sites (N-methyl/N-ethyl adjacent to an activating group) is 1. The average molecular weight is 956 g/mol. The largest absolute Gasteiger partial charge is 0.382 e. The minimum absolute atomic E-state index is 0.0711. The molecule has 5 atom stereocenters. The van der Waals surface area contributed by atoms with Crippen LogP contribution >= 0.6 is 0 Å². The van der Waals surface area contributed by atoms with Gasteiger partial charge in [-0.1, -0.05) is 42.5 Å². The van der Waals surface area contributed by atoms with Crippen LogP contribution < -0.4 is 16.0 Å². The van der Waals surface area contributed by atoms with Crippen LogP contribution in [0.2, 0.25) is 0 Å². The summed E-state index contributed by atoms with van der Waals surface area (Å²) in [7, 11) is 3.52. The molecule has 0 aliphatic carbocycles. The van der Waals surface area contributed by atoms with Crippen LogP contribution in [-0.2, 0) is 61.6 Å². The molecule has 0 saturated carbocycles. The summed E-state index contributed by atoms with van der Waals surface area (Å²) in [5, 5.41) is 12.8. The number of para-hydroxylation sites is 2. The van der Waals surface area contributed by atoms with E-state index < -0.39 is 30.0 Å². The Balaban J connectivity index is 0.638. The van der Waals surface area contributed by atoms with Crippen LogP contribution in [-0.4, -0.2) is 140 Å². The van der Waals surface area contributed by atoms with Crippen molar-refractivity contribution in [1.29, 1.82) is 0 Å². The molecular weight excluding hydrogens is 899 g/mol. The summed E-state index contributed by atoms with van der Waals surface area (Å²) in [4.78, 5) is 68.2. The zero-order valence-electron chi connectivity index (χ0n) is 39.5. The van der Waals surface area contributed by atoms with Gasteiger partial charge < -0.3 is 58.0 Å². The molecule has 2 fully saturated rings. The highest BCUT2D eigenvalue weighted by molar-refractivity contribution is 6.31. The van der Waals surface area contributed by atoms with Crippen LogP contribution in [0.15, 0.2) is 66.7 Å². The molecule has 4 aromatic carbocycles. The fourth-order valence-electron chi connectivity index (χ4n) is 11.7. The Bertz CT molecular complexity index is 3090. The molecule has 6 aromatic rings. The zero-order chi connectivity index (χ0) is 48.3. The second-order valence-corrected chi connectivity index (χ2v) is 18.7. The number of carbonyl (C=O) groups is 5. The normalized spacial score (nSPS) is 22.6. The lowest BCUT2D eigenvalue weighted by molar-refractivity contribution is -0.266. The first-order chi connectivity index (χ1) is 34.1. The van der Waals surface area contributed by atoms with Gasteiger partial charge in [-0.3, -0.25) is 29.3 Å². The predicted molar refractivity (Wildman–Crippen MR) is 258 cm³/mol. The SMILES string of the molecule is CO[C@@H]1[C@H](N(C)C(=O)CCOCCOCCOCCOCCNc2cccc3c2CN(C2CCC(=O)NC2=O)C3=O)C[C@H]2O[C@]1(C)n1c3ccccc3c3c4c(c5c6ccccc6n2c5c31)C(=O)NC4. The first-order valence-electron chi connectivity index (χ1n) is 24.2. The van der Waals surface area contributed by atoms with Crippen molar-refractivity contribution in [2.24, 2.45) is 0 Å². The van der Waals surface area contributed by atoms with E-state index in [1.807, 2.05) is 43.4 Å². The van der Waals surface area contributed by atoms with Crippen molar-refractivity contribution in [3.05, 3.63) is 89.0 Å². The standard InChI is InChI=1S/C52H57N7O11/c1-52-48(65-3)39(27-42(70-52)58-36-13-6-4-9-31(36)44-45-33(28-54-50(45)63)43-32-10-5-7-14-37(32)59(52)47(43)46(44)58)56(2)41(61)17-19-66-21-23-68-25-26-69-24-22-67-20-18-53-35-12-8-11-30-34(35)29-57(51(30)64)38-15-16-40(60)55-49(38)62/h4-14,38-39,42,48,53H,15-29H2,1-3H3,(H,54,63)(H,55,60,62)/t38?,39-,42-,48-,52+/m1/s1. The minimum atomic E-state index is -1.04.